The summed E-state index contributed by atoms with van der Waals surface area (Å²) >= 11 is 0. The van der Waals surface area contributed by atoms with Crippen LogP contribution in [0.2, 0.25) is 0 Å². The number of rotatable bonds is 7. The van der Waals surface area contributed by atoms with Crippen molar-refractivity contribution in [1.29, 1.82) is 0 Å². The molecule has 0 radical (unpaired) electrons. The molecule has 0 spiro atoms. The number of methoxy groups -OCH3 is 2. The number of carbonyl (C=O) groups is 1. The average molecular weight is 359 g/mol. The molecule has 24 heavy (non-hydrogen) atoms. The van der Waals surface area contributed by atoms with Crippen LogP contribution in [0, 0.1) is 0 Å². The molecule has 8 nitrogen and oxygen atoms in total. The molecule has 0 aliphatic rings. The number of hydrogen-bond donors (Lipinski definition) is 3. The zero-order valence-corrected chi connectivity index (χ0v) is 15.4. The molecule has 0 saturated carbocycles. The Morgan fingerprint density at radius 2 is 1.79 bits per heavy atom. The standard InChI is InChI=1S/C15H25N3O5S/c1-15(2,3)18-24(20,21)13(14(19)17-16)9-10-6-7-11(22-4)12(8-10)23-5/h6-8,13,18H,9,16H2,1-5H3,(H,17,19)/t13-/m1/s1. The van der Waals surface area contributed by atoms with Gasteiger partial charge in [-0.3, -0.25) is 10.2 Å². The largest absolute Gasteiger partial charge is 0.493 e. The lowest BCUT2D eigenvalue weighted by molar-refractivity contribution is -0.120. The van der Waals surface area contributed by atoms with Crippen LogP contribution >= 0.6 is 0 Å². The first kappa shape index (κ1) is 20.2. The number of carbonyl (C=O) groups excluding carboxylic acids is 1. The molecule has 4 N–H and O–H groups in total. The summed E-state index contributed by atoms with van der Waals surface area (Å²) in [6.07, 6.45) is -0.0607. The molecule has 136 valence electrons. The summed E-state index contributed by atoms with van der Waals surface area (Å²) in [6.45, 7) is 5.08. The van der Waals surface area contributed by atoms with E-state index in [1.54, 1.807) is 39.0 Å². The van der Waals surface area contributed by atoms with Crippen LogP contribution in [0.25, 0.3) is 0 Å². The van der Waals surface area contributed by atoms with Gasteiger partial charge in [0.2, 0.25) is 10.0 Å². The Kier molecular flexibility index (Phi) is 6.58. The number of nitrogens with one attached hydrogen (secondary N) is 2. The van der Waals surface area contributed by atoms with Gasteiger partial charge in [0, 0.05) is 5.54 Å². The van der Waals surface area contributed by atoms with Gasteiger partial charge in [-0.05, 0) is 44.9 Å². The van der Waals surface area contributed by atoms with Gasteiger partial charge >= 0.3 is 0 Å². The summed E-state index contributed by atoms with van der Waals surface area (Å²) in [4.78, 5) is 12.0. The van der Waals surface area contributed by atoms with Crippen molar-refractivity contribution >= 4 is 15.9 Å². The molecule has 1 amide bonds. The average Bonchev–Trinajstić information content (AvgIpc) is 2.49. The second-order valence-corrected chi connectivity index (χ2v) is 8.15. The molecule has 0 bridgehead atoms. The number of amides is 1. The fourth-order valence-corrected chi connectivity index (χ4v) is 3.91. The first-order chi connectivity index (χ1) is 11.0. The minimum atomic E-state index is -3.94. The van der Waals surface area contributed by atoms with Gasteiger partial charge in [-0.1, -0.05) is 6.07 Å². The molecule has 9 heteroatoms. The predicted molar refractivity (Wildman–Crippen MR) is 91.2 cm³/mol. The molecule has 1 atom stereocenters. The quantitative estimate of drug-likeness (QED) is 0.366. The Labute approximate surface area is 142 Å². The van der Waals surface area contributed by atoms with Crippen molar-refractivity contribution in [1.82, 2.24) is 10.1 Å². The van der Waals surface area contributed by atoms with E-state index in [0.29, 0.717) is 17.1 Å². The van der Waals surface area contributed by atoms with Crippen LogP contribution in [-0.4, -0.2) is 39.3 Å². The summed E-state index contributed by atoms with van der Waals surface area (Å²) < 4.78 is 37.9. The van der Waals surface area contributed by atoms with Crippen molar-refractivity contribution in [3.8, 4) is 11.5 Å². The highest BCUT2D eigenvalue weighted by molar-refractivity contribution is 7.90. The summed E-state index contributed by atoms with van der Waals surface area (Å²) in [7, 11) is -0.963. The van der Waals surface area contributed by atoms with Crippen LogP contribution < -0.4 is 25.5 Å². The second-order valence-electron chi connectivity index (χ2n) is 6.29. The molecule has 0 aromatic heterocycles. The van der Waals surface area contributed by atoms with E-state index < -0.39 is 26.7 Å². The molecule has 0 aliphatic carbocycles. The summed E-state index contributed by atoms with van der Waals surface area (Å²) in [5.74, 6) is 5.32. The molecule has 0 unspecified atom stereocenters. The lowest BCUT2D eigenvalue weighted by atomic mass is 10.1. The van der Waals surface area contributed by atoms with E-state index in [9.17, 15) is 13.2 Å². The van der Waals surface area contributed by atoms with Crippen LogP contribution in [0.5, 0.6) is 11.5 Å². The van der Waals surface area contributed by atoms with Crippen molar-refractivity contribution in [2.75, 3.05) is 14.2 Å². The maximum Gasteiger partial charge on any atom is 0.253 e. The highest BCUT2D eigenvalue weighted by atomic mass is 32.2. The van der Waals surface area contributed by atoms with Gasteiger partial charge in [0.1, 0.15) is 0 Å². The highest BCUT2D eigenvalue weighted by Crippen LogP contribution is 2.28. The highest BCUT2D eigenvalue weighted by Gasteiger charge is 2.35. The molecule has 1 aromatic rings. The number of ether oxygens (including phenoxy) is 2. The Hall–Kier alpha value is -1.84. The molecule has 0 aliphatic heterocycles. The van der Waals surface area contributed by atoms with Gasteiger partial charge in [0.25, 0.3) is 5.91 Å². The Balaban J connectivity index is 3.18. The van der Waals surface area contributed by atoms with Crippen LogP contribution in [0.15, 0.2) is 18.2 Å². The fraction of sp³-hybridized carbons (Fsp3) is 0.533. The fourth-order valence-electron chi connectivity index (χ4n) is 2.16. The Morgan fingerprint density at radius 1 is 1.21 bits per heavy atom. The molecular formula is C15H25N3O5S. The van der Waals surface area contributed by atoms with Gasteiger partial charge in [-0.15, -0.1) is 0 Å². The summed E-state index contributed by atoms with van der Waals surface area (Å²) in [5, 5.41) is -1.38. The zero-order valence-electron chi connectivity index (χ0n) is 14.5. The Morgan fingerprint density at radius 3 is 2.25 bits per heavy atom. The monoisotopic (exact) mass is 359 g/mol. The smallest absolute Gasteiger partial charge is 0.253 e. The van der Waals surface area contributed by atoms with Gasteiger partial charge in [-0.2, -0.15) is 0 Å². The maximum atomic E-state index is 12.5. The molecule has 0 fully saturated rings. The van der Waals surface area contributed by atoms with Crippen molar-refractivity contribution in [3.63, 3.8) is 0 Å². The van der Waals surface area contributed by atoms with Crippen molar-refractivity contribution in [3.05, 3.63) is 23.8 Å². The first-order valence-corrected chi connectivity index (χ1v) is 8.83. The van der Waals surface area contributed by atoms with Gasteiger partial charge < -0.3 is 9.47 Å². The summed E-state index contributed by atoms with van der Waals surface area (Å²) in [6, 6.07) is 4.95. The number of nitrogens with two attached hydrogens (primary N) is 1. The van der Waals surface area contributed by atoms with Crippen molar-refractivity contribution in [2.45, 2.75) is 38.0 Å². The van der Waals surface area contributed by atoms with Crippen LogP contribution in [0.3, 0.4) is 0 Å². The van der Waals surface area contributed by atoms with Crippen LogP contribution in [0.1, 0.15) is 26.3 Å². The number of hydrogen-bond acceptors (Lipinski definition) is 6. The van der Waals surface area contributed by atoms with E-state index in [0.717, 1.165) is 0 Å². The van der Waals surface area contributed by atoms with Crippen molar-refractivity contribution < 1.29 is 22.7 Å². The van der Waals surface area contributed by atoms with E-state index in [4.69, 9.17) is 15.3 Å². The molecular weight excluding hydrogens is 334 g/mol. The van der Waals surface area contributed by atoms with E-state index in [1.807, 2.05) is 5.43 Å². The van der Waals surface area contributed by atoms with E-state index >= 15 is 0 Å². The third-order valence-electron chi connectivity index (χ3n) is 3.13. The third kappa shape index (κ3) is 5.36. The van der Waals surface area contributed by atoms with E-state index in [1.165, 1.54) is 14.2 Å². The molecule has 0 saturated heterocycles. The minimum absolute atomic E-state index is 0.0607. The topological polar surface area (TPSA) is 120 Å². The Bertz CT molecular complexity index is 683. The van der Waals surface area contributed by atoms with Crippen molar-refractivity contribution in [2.24, 2.45) is 5.84 Å². The normalized spacial score (nSPS) is 13.2. The van der Waals surface area contributed by atoms with Crippen LogP contribution in [-0.2, 0) is 21.2 Å². The summed E-state index contributed by atoms with van der Waals surface area (Å²) in [5.41, 5.74) is 1.79. The molecule has 1 rings (SSSR count). The van der Waals surface area contributed by atoms with E-state index in [-0.39, 0.29) is 6.42 Å². The van der Waals surface area contributed by atoms with E-state index in [2.05, 4.69) is 4.72 Å². The number of hydrazine groups is 1. The predicted octanol–water partition coefficient (Wildman–Crippen LogP) is 0.323. The molecule has 1 aromatic carbocycles. The van der Waals surface area contributed by atoms with Gasteiger partial charge in [0.05, 0.1) is 14.2 Å². The second kappa shape index (κ2) is 7.82. The van der Waals surface area contributed by atoms with Crippen LogP contribution in [0.4, 0.5) is 0 Å². The SMILES string of the molecule is COc1ccc(C[C@H](C(=O)NN)S(=O)(=O)NC(C)(C)C)cc1OC. The number of sulfonamides is 1. The lowest BCUT2D eigenvalue weighted by Gasteiger charge is -2.24. The minimum Gasteiger partial charge on any atom is -0.493 e. The maximum absolute atomic E-state index is 12.5. The first-order valence-electron chi connectivity index (χ1n) is 7.28. The third-order valence-corrected chi connectivity index (χ3v) is 5.15. The van der Waals surface area contributed by atoms with Gasteiger partial charge in [-0.25, -0.2) is 19.0 Å². The lowest BCUT2D eigenvalue weighted by Crippen LogP contribution is -2.52. The molecule has 0 heterocycles. The zero-order chi connectivity index (χ0) is 18.5. The van der Waals surface area contributed by atoms with Gasteiger partial charge in [0.15, 0.2) is 16.7 Å². The number of benzene rings is 1.